The Morgan fingerprint density at radius 2 is 0.508 bits per heavy atom. The van der Waals surface area contributed by atoms with Gasteiger partial charge < -0.3 is 44.2 Å². The normalized spacial score (nSPS) is 19.8. The first kappa shape index (κ1) is 85.0. The Hall–Kier alpha value is -15.2. The molecular formula is C96H92F4N24O4. The lowest BCUT2D eigenvalue weighted by molar-refractivity contribution is -0.118. The number of halogens is 4. The van der Waals surface area contributed by atoms with Gasteiger partial charge in [-0.15, -0.1) is 0 Å². The number of nitrogens with zero attached hydrogens (tertiary/aromatic N) is 16. The van der Waals surface area contributed by atoms with E-state index in [-0.39, 0.29) is 117 Å². The van der Waals surface area contributed by atoms with E-state index in [0.717, 1.165) is 44.5 Å². The maximum absolute atomic E-state index is 15.0. The van der Waals surface area contributed by atoms with Crippen LogP contribution in [-0.2, 0) is 47.4 Å². The molecule has 0 spiro atoms. The SMILES string of the molecule is Cc1ccncc1-c1cc2cc(NC(=O)[C@@H]3[C@@H](C)[C@H]3c3cnn(C)c3)ncc2c(N)c1F.Cc1ccncc1-c1cc2cc(NC(=O)[C@@H]3[C@H](C)[C@H]3c3cnn(C)c3)ncc2c(N)c1F.Cc1ccncc1-c1cc2cc(NC(=O)[C@H]3[C@@H](C)[C@@H]3c3cnn(C)c3)ncc2c(N)c1F.Cc1ccncc1-c1cc2cc(NC(=O)[C@H]3[C@H](C)[C@@H]3c3cnn(C)c3)ncc2c(N)c1F. The van der Waals surface area contributed by atoms with Crippen molar-refractivity contribution >= 4 is 113 Å². The van der Waals surface area contributed by atoms with Crippen molar-refractivity contribution in [3.8, 4) is 44.5 Å². The van der Waals surface area contributed by atoms with Crippen LogP contribution in [0.15, 0.2) is 197 Å². The topological polar surface area (TPSA) is 395 Å². The Labute approximate surface area is 732 Å². The van der Waals surface area contributed by atoms with E-state index in [1.54, 1.807) is 117 Å². The number of carbonyl (C=O) groups is 4. The summed E-state index contributed by atoms with van der Waals surface area (Å²) in [5.41, 5.74) is 36.5. The van der Waals surface area contributed by atoms with E-state index in [2.05, 4.69) is 109 Å². The fourth-order valence-electron chi connectivity index (χ4n) is 18.0. The summed E-state index contributed by atoms with van der Waals surface area (Å²) in [5.74, 6) is 0.235. The number of nitrogens with one attached hydrogen (secondary N) is 4. The zero-order valence-corrected chi connectivity index (χ0v) is 72.0. The lowest BCUT2D eigenvalue weighted by Gasteiger charge is -2.12. The van der Waals surface area contributed by atoms with E-state index in [0.29, 0.717) is 111 Å². The average Bonchev–Trinajstić information content (AvgIpc) is 1.60. The van der Waals surface area contributed by atoms with E-state index in [1.807, 2.05) is 130 Å². The minimum Gasteiger partial charge on any atom is -0.396 e. The molecule has 12 atom stereocenters. The maximum Gasteiger partial charge on any atom is 0.229 e. The predicted molar refractivity (Wildman–Crippen MR) is 485 cm³/mol. The molecule has 16 aromatic rings. The fraction of sp³-hybridized carbons (Fsp3) is 0.250. The van der Waals surface area contributed by atoms with Crippen LogP contribution >= 0.6 is 0 Å². The molecule has 0 aliphatic heterocycles. The summed E-state index contributed by atoms with van der Waals surface area (Å²) in [6, 6.07) is 21.1. The first-order valence-electron chi connectivity index (χ1n) is 41.7. The van der Waals surface area contributed by atoms with Crippen LogP contribution in [0.1, 0.15) is 95.9 Å². The van der Waals surface area contributed by atoms with Crippen LogP contribution in [0.2, 0.25) is 0 Å². The average molecular weight is 1720 g/mol. The van der Waals surface area contributed by atoms with Gasteiger partial charge in [0.1, 0.15) is 23.3 Å². The van der Waals surface area contributed by atoms with Crippen molar-refractivity contribution in [1.82, 2.24) is 79.0 Å². The molecule has 648 valence electrons. The summed E-state index contributed by atoms with van der Waals surface area (Å²) in [7, 11) is 7.45. The molecule has 4 aliphatic rings. The summed E-state index contributed by atoms with van der Waals surface area (Å²) in [4.78, 5) is 85.2. The number of hydrogen-bond donors (Lipinski definition) is 8. The van der Waals surface area contributed by atoms with Gasteiger partial charge in [0, 0.05) is 241 Å². The van der Waals surface area contributed by atoms with Crippen molar-refractivity contribution in [3.05, 3.63) is 265 Å². The van der Waals surface area contributed by atoms with Gasteiger partial charge in [0.2, 0.25) is 23.6 Å². The summed E-state index contributed by atoms with van der Waals surface area (Å²) >= 11 is 0. The molecule has 4 amide bonds. The number of amides is 4. The third-order valence-electron chi connectivity index (χ3n) is 25.5. The van der Waals surface area contributed by atoms with Crippen molar-refractivity contribution in [3.63, 3.8) is 0 Å². The van der Waals surface area contributed by atoms with Gasteiger partial charge >= 0.3 is 0 Å². The number of anilines is 8. The number of nitrogen functional groups attached to an aromatic ring is 4. The van der Waals surface area contributed by atoms with Crippen molar-refractivity contribution in [2.24, 2.45) is 75.5 Å². The number of rotatable bonds is 16. The monoisotopic (exact) mass is 1720 g/mol. The Morgan fingerprint density at radius 3 is 0.688 bits per heavy atom. The maximum atomic E-state index is 15.0. The summed E-state index contributed by atoms with van der Waals surface area (Å²) in [5, 5.41) is 33.2. The second kappa shape index (κ2) is 34.0. The Bertz CT molecular complexity index is 6290. The van der Waals surface area contributed by atoms with Gasteiger partial charge in [0.15, 0.2) is 23.3 Å². The number of fused-ring (bicyclic) bond motifs is 4. The molecule has 4 aromatic carbocycles. The van der Waals surface area contributed by atoms with Crippen LogP contribution in [0.3, 0.4) is 0 Å². The van der Waals surface area contributed by atoms with E-state index >= 15 is 17.6 Å². The van der Waals surface area contributed by atoms with Crippen molar-refractivity contribution in [1.29, 1.82) is 0 Å². The highest BCUT2D eigenvalue weighted by atomic mass is 19.1. The molecule has 0 bridgehead atoms. The van der Waals surface area contributed by atoms with Crippen LogP contribution in [-0.4, -0.2) is 103 Å². The van der Waals surface area contributed by atoms with Gasteiger partial charge in [-0.2, -0.15) is 20.4 Å². The second-order valence-electron chi connectivity index (χ2n) is 33.9. The molecule has 28 nitrogen and oxygen atoms in total. The molecule has 0 unspecified atom stereocenters. The van der Waals surface area contributed by atoms with Crippen LogP contribution in [0.5, 0.6) is 0 Å². The number of aryl methyl sites for hydroxylation is 8. The quantitative estimate of drug-likeness (QED) is 0.0329. The number of benzene rings is 4. The number of carbonyl (C=O) groups excluding carboxylic acids is 4. The predicted octanol–water partition coefficient (Wildman–Crippen LogP) is 16.2. The van der Waals surface area contributed by atoms with Crippen molar-refractivity contribution in [2.45, 2.75) is 79.1 Å². The molecule has 12 N–H and O–H groups in total. The molecule has 0 radical (unpaired) electrons. The molecule has 4 fully saturated rings. The van der Waals surface area contributed by atoms with Gasteiger partial charge in [-0.05, 0) is 190 Å². The molecule has 128 heavy (non-hydrogen) atoms. The molecule has 12 heterocycles. The van der Waals surface area contributed by atoms with E-state index < -0.39 is 23.3 Å². The molecular weight excluding hydrogens is 1630 g/mol. The molecule has 32 heteroatoms. The standard InChI is InChI=1S/4C24H23FN6O/c4*1-12-4-5-27-9-17(12)16-6-14-7-19(28-10-18(14)23(26)22(16)25)30-24(32)21-13(2)20(21)15-8-29-31(3)11-15/h4*4-11,13,20-21H,26H2,1-3H3,(H,28,30,32)/t2*13-,20+,21-;2*13-,20-,21+/m1010/s1. The molecule has 20 rings (SSSR count). The highest BCUT2D eigenvalue weighted by Gasteiger charge is 2.56. The second-order valence-corrected chi connectivity index (χ2v) is 33.9. The smallest absolute Gasteiger partial charge is 0.229 e. The minimum absolute atomic E-state index is 0.0265. The van der Waals surface area contributed by atoms with Gasteiger partial charge in [-0.1, -0.05) is 27.7 Å². The summed E-state index contributed by atoms with van der Waals surface area (Å²) < 4.78 is 67.0. The number of hydrogen-bond acceptors (Lipinski definition) is 20. The van der Waals surface area contributed by atoms with Crippen molar-refractivity contribution < 1.29 is 36.7 Å². The van der Waals surface area contributed by atoms with Crippen LogP contribution in [0, 0.1) is 98.3 Å². The number of nitrogens with two attached hydrogens (primary N) is 4. The first-order valence-corrected chi connectivity index (χ1v) is 41.7. The largest absolute Gasteiger partial charge is 0.396 e. The zero-order chi connectivity index (χ0) is 90.3. The number of aromatic nitrogens is 16. The molecule has 12 aromatic heterocycles. The number of pyridine rings is 8. The molecule has 0 saturated heterocycles. The molecule has 4 saturated carbocycles. The summed E-state index contributed by atoms with van der Waals surface area (Å²) in [6.07, 6.45) is 34.1. The zero-order valence-electron chi connectivity index (χ0n) is 72.0. The highest BCUT2D eigenvalue weighted by Crippen LogP contribution is 2.57. The third kappa shape index (κ3) is 16.5. The Kier molecular flexibility index (Phi) is 22.6. The third-order valence-corrected chi connectivity index (χ3v) is 25.5. The van der Waals surface area contributed by atoms with Crippen LogP contribution < -0.4 is 44.2 Å². The Balaban J connectivity index is 0.000000120. The van der Waals surface area contributed by atoms with E-state index in [9.17, 15) is 19.2 Å². The molecule has 4 aliphatic carbocycles. The van der Waals surface area contributed by atoms with Crippen molar-refractivity contribution in [2.75, 3.05) is 44.2 Å². The first-order chi connectivity index (χ1) is 61.4. The van der Waals surface area contributed by atoms with Crippen LogP contribution in [0.4, 0.5) is 63.6 Å². The minimum atomic E-state index is -0.502. The van der Waals surface area contributed by atoms with Gasteiger partial charge in [0.05, 0.1) is 47.5 Å². The highest BCUT2D eigenvalue weighted by molar-refractivity contribution is 6.05. The van der Waals surface area contributed by atoms with Crippen LogP contribution in [0.25, 0.3) is 87.6 Å². The lowest BCUT2D eigenvalue weighted by Crippen LogP contribution is -2.16. The Morgan fingerprint density at radius 1 is 0.305 bits per heavy atom. The lowest BCUT2D eigenvalue weighted by atomic mass is 9.98. The van der Waals surface area contributed by atoms with Gasteiger partial charge in [-0.25, -0.2) is 37.5 Å². The van der Waals surface area contributed by atoms with E-state index in [1.165, 1.54) is 24.8 Å². The summed E-state index contributed by atoms with van der Waals surface area (Å²) in [6.45, 7) is 15.8. The van der Waals surface area contributed by atoms with Gasteiger partial charge in [-0.3, -0.25) is 57.8 Å². The fourth-order valence-corrected chi connectivity index (χ4v) is 18.0. The van der Waals surface area contributed by atoms with Gasteiger partial charge in [0.25, 0.3) is 0 Å². The van der Waals surface area contributed by atoms with E-state index in [4.69, 9.17) is 22.9 Å².